The Morgan fingerprint density at radius 2 is 2.00 bits per heavy atom. The zero-order chi connectivity index (χ0) is 17.3. The molecule has 0 saturated carbocycles. The van der Waals surface area contributed by atoms with Gasteiger partial charge in [0.1, 0.15) is 0 Å². The Morgan fingerprint density at radius 3 is 2.56 bits per heavy atom. The lowest BCUT2D eigenvalue weighted by molar-refractivity contribution is 0.270. The molecule has 1 unspecified atom stereocenters. The summed E-state index contributed by atoms with van der Waals surface area (Å²) >= 11 is 6.08. The van der Waals surface area contributed by atoms with Crippen LogP contribution in [0.25, 0.3) is 0 Å². The van der Waals surface area contributed by atoms with Gasteiger partial charge in [-0.25, -0.2) is 8.42 Å². The molecule has 25 heavy (non-hydrogen) atoms. The first kappa shape index (κ1) is 20.2. The molecule has 1 aromatic heterocycles. The number of nitrogens with one attached hydrogen (secondary N) is 1. The minimum Gasteiger partial charge on any atom is -0.313 e. The summed E-state index contributed by atoms with van der Waals surface area (Å²) in [6.07, 6.45) is 2.32. The van der Waals surface area contributed by atoms with E-state index < -0.39 is 10.0 Å². The van der Waals surface area contributed by atoms with Crippen LogP contribution in [0.3, 0.4) is 0 Å². The highest BCUT2D eigenvalue weighted by Crippen LogP contribution is 2.31. The highest BCUT2D eigenvalue weighted by atomic mass is 35.5. The monoisotopic (exact) mass is 404 g/mol. The van der Waals surface area contributed by atoms with Crippen LogP contribution in [0.15, 0.2) is 35.5 Å². The molecular weight excluding hydrogens is 383 g/mol. The Kier molecular flexibility index (Phi) is 6.51. The average molecular weight is 405 g/mol. The van der Waals surface area contributed by atoms with Gasteiger partial charge in [-0.3, -0.25) is 4.68 Å². The molecule has 0 radical (unpaired) electrons. The normalized spacial score (nSPS) is 18.8. The van der Waals surface area contributed by atoms with Crippen molar-refractivity contribution in [1.82, 2.24) is 19.4 Å². The second-order valence-electron chi connectivity index (χ2n) is 5.85. The van der Waals surface area contributed by atoms with Crippen LogP contribution in [0.4, 0.5) is 0 Å². The van der Waals surface area contributed by atoms with Gasteiger partial charge in [0.05, 0.1) is 17.3 Å². The van der Waals surface area contributed by atoms with Gasteiger partial charge >= 0.3 is 0 Å². The van der Waals surface area contributed by atoms with Crippen molar-refractivity contribution in [2.45, 2.75) is 24.4 Å². The Balaban J connectivity index is 0.00000225. The number of halogens is 2. The summed E-state index contributed by atoms with van der Waals surface area (Å²) in [5, 5.41) is 7.43. The Bertz CT molecular complexity index is 802. The molecule has 1 N–H and O–H groups in total. The second-order valence-corrected chi connectivity index (χ2v) is 8.07. The van der Waals surface area contributed by atoms with Gasteiger partial charge in [0.25, 0.3) is 10.0 Å². The number of hydrogen-bond acceptors (Lipinski definition) is 4. The minimum absolute atomic E-state index is 0. The van der Waals surface area contributed by atoms with E-state index in [1.807, 2.05) is 24.3 Å². The summed E-state index contributed by atoms with van der Waals surface area (Å²) in [6, 6.07) is 7.84. The van der Waals surface area contributed by atoms with Crippen LogP contribution in [0, 0.1) is 0 Å². The summed E-state index contributed by atoms with van der Waals surface area (Å²) in [4.78, 5) is 0. The first-order valence-electron chi connectivity index (χ1n) is 7.94. The van der Waals surface area contributed by atoms with E-state index in [2.05, 4.69) is 17.3 Å². The third kappa shape index (κ3) is 3.85. The zero-order valence-corrected chi connectivity index (χ0v) is 16.5. The molecule has 1 aliphatic heterocycles. The van der Waals surface area contributed by atoms with E-state index in [9.17, 15) is 8.42 Å². The molecule has 0 spiro atoms. The van der Waals surface area contributed by atoms with E-state index in [4.69, 9.17) is 11.6 Å². The van der Waals surface area contributed by atoms with E-state index in [1.54, 1.807) is 7.05 Å². The molecule has 3 rings (SSSR count). The molecular formula is C16H22Cl2N4O2S. The first-order chi connectivity index (χ1) is 11.4. The highest BCUT2D eigenvalue weighted by molar-refractivity contribution is 7.89. The highest BCUT2D eigenvalue weighted by Gasteiger charge is 2.37. The Hall–Kier alpha value is -1.12. The minimum atomic E-state index is -3.73. The molecule has 138 valence electrons. The maximum Gasteiger partial charge on any atom is 0.262 e. The molecule has 1 fully saturated rings. The van der Waals surface area contributed by atoms with Gasteiger partial charge in [-0.15, -0.1) is 12.4 Å². The van der Waals surface area contributed by atoms with Gasteiger partial charge in [-0.2, -0.15) is 9.40 Å². The number of aromatic nitrogens is 2. The van der Waals surface area contributed by atoms with Crippen molar-refractivity contribution in [3.63, 3.8) is 0 Å². The van der Waals surface area contributed by atoms with Crippen molar-refractivity contribution in [1.29, 1.82) is 0 Å². The number of piperazine rings is 1. The van der Waals surface area contributed by atoms with E-state index >= 15 is 0 Å². The molecule has 6 nitrogen and oxygen atoms in total. The number of aryl methyl sites for hydroxylation is 2. The fourth-order valence-electron chi connectivity index (χ4n) is 3.03. The van der Waals surface area contributed by atoms with Gasteiger partial charge in [0, 0.05) is 26.7 Å². The fourth-order valence-corrected chi connectivity index (χ4v) is 5.26. The lowest BCUT2D eigenvalue weighted by atomic mass is 10.0. The van der Waals surface area contributed by atoms with E-state index in [0.717, 1.165) is 12.0 Å². The van der Waals surface area contributed by atoms with Crippen LogP contribution in [-0.2, 0) is 23.5 Å². The molecule has 1 saturated heterocycles. The SMILES string of the molecule is CCc1ccc(C2CNCCN2S(=O)(=O)c2c(Cl)cnn2C)cc1.Cl. The van der Waals surface area contributed by atoms with Crippen molar-refractivity contribution in [2.24, 2.45) is 7.05 Å². The van der Waals surface area contributed by atoms with Gasteiger partial charge in [-0.05, 0) is 17.5 Å². The summed E-state index contributed by atoms with van der Waals surface area (Å²) in [6.45, 7) is 3.67. The molecule has 0 amide bonds. The third-order valence-electron chi connectivity index (χ3n) is 4.36. The molecule has 1 aromatic carbocycles. The van der Waals surface area contributed by atoms with Gasteiger partial charge in [0.2, 0.25) is 0 Å². The molecule has 0 bridgehead atoms. The maximum atomic E-state index is 13.1. The van der Waals surface area contributed by atoms with E-state index in [-0.39, 0.29) is 28.5 Å². The maximum absolute atomic E-state index is 13.1. The van der Waals surface area contributed by atoms with E-state index in [0.29, 0.717) is 19.6 Å². The van der Waals surface area contributed by atoms with E-state index in [1.165, 1.54) is 20.7 Å². The van der Waals surface area contributed by atoms with Gasteiger partial charge in [-0.1, -0.05) is 42.8 Å². The largest absolute Gasteiger partial charge is 0.313 e. The predicted molar refractivity (Wildman–Crippen MR) is 101 cm³/mol. The summed E-state index contributed by atoms with van der Waals surface area (Å²) < 4.78 is 29.1. The number of sulfonamides is 1. The summed E-state index contributed by atoms with van der Waals surface area (Å²) in [5.74, 6) is 0. The van der Waals surface area contributed by atoms with Crippen LogP contribution in [0.2, 0.25) is 5.02 Å². The van der Waals surface area contributed by atoms with Crippen molar-refractivity contribution in [2.75, 3.05) is 19.6 Å². The fraction of sp³-hybridized carbons (Fsp3) is 0.438. The van der Waals surface area contributed by atoms with Crippen molar-refractivity contribution >= 4 is 34.0 Å². The number of rotatable bonds is 4. The molecule has 9 heteroatoms. The van der Waals surface area contributed by atoms with Gasteiger partial charge < -0.3 is 5.32 Å². The standard InChI is InChI=1S/C16H21ClN4O2S.ClH/c1-3-12-4-6-13(7-5-12)15-11-18-8-9-21(15)24(22,23)16-14(17)10-19-20(16)2;/h4-7,10,15,18H,3,8-9,11H2,1-2H3;1H. The van der Waals surface area contributed by atoms with Crippen LogP contribution >= 0.6 is 24.0 Å². The van der Waals surface area contributed by atoms with Crippen LogP contribution in [0.5, 0.6) is 0 Å². The average Bonchev–Trinajstić information content (AvgIpc) is 2.94. The molecule has 1 aliphatic rings. The zero-order valence-electron chi connectivity index (χ0n) is 14.1. The van der Waals surface area contributed by atoms with Crippen molar-refractivity contribution in [3.05, 3.63) is 46.6 Å². The smallest absolute Gasteiger partial charge is 0.262 e. The quantitative estimate of drug-likeness (QED) is 0.849. The topological polar surface area (TPSA) is 67.2 Å². The Labute approximate surface area is 159 Å². The number of nitrogens with zero attached hydrogens (tertiary/aromatic N) is 3. The lowest BCUT2D eigenvalue weighted by Gasteiger charge is -2.35. The lowest BCUT2D eigenvalue weighted by Crippen LogP contribution is -2.49. The van der Waals surface area contributed by atoms with Crippen LogP contribution < -0.4 is 5.32 Å². The second kappa shape index (κ2) is 8.05. The molecule has 1 atom stereocenters. The molecule has 2 heterocycles. The molecule has 0 aliphatic carbocycles. The summed E-state index contributed by atoms with van der Waals surface area (Å²) in [7, 11) is -2.14. The first-order valence-corrected chi connectivity index (χ1v) is 9.76. The number of hydrogen-bond donors (Lipinski definition) is 1. The predicted octanol–water partition coefficient (Wildman–Crippen LogP) is 2.39. The van der Waals surface area contributed by atoms with Crippen molar-refractivity contribution in [3.8, 4) is 0 Å². The summed E-state index contributed by atoms with van der Waals surface area (Å²) in [5.41, 5.74) is 2.20. The van der Waals surface area contributed by atoms with Gasteiger partial charge in [0.15, 0.2) is 5.03 Å². The van der Waals surface area contributed by atoms with Crippen molar-refractivity contribution < 1.29 is 8.42 Å². The van der Waals surface area contributed by atoms with Crippen LogP contribution in [-0.4, -0.2) is 42.1 Å². The molecule has 2 aromatic rings. The van der Waals surface area contributed by atoms with Crippen LogP contribution in [0.1, 0.15) is 24.1 Å². The third-order valence-corrected chi connectivity index (χ3v) is 6.78. The Morgan fingerprint density at radius 1 is 1.32 bits per heavy atom. The number of benzene rings is 1.